The Morgan fingerprint density at radius 1 is 1.43 bits per heavy atom. The van der Waals surface area contributed by atoms with Crippen LogP contribution in [0.4, 0.5) is 0 Å². The second kappa shape index (κ2) is 5.66. The van der Waals surface area contributed by atoms with Gasteiger partial charge in [-0.2, -0.15) is 9.78 Å². The van der Waals surface area contributed by atoms with Crippen LogP contribution in [0.3, 0.4) is 0 Å². The van der Waals surface area contributed by atoms with Crippen LogP contribution in [0.1, 0.15) is 5.56 Å². The molecule has 106 valence electrons. The van der Waals surface area contributed by atoms with Crippen molar-refractivity contribution in [1.29, 1.82) is 0 Å². The Labute approximate surface area is 132 Å². The van der Waals surface area contributed by atoms with E-state index in [1.165, 1.54) is 4.68 Å². The lowest BCUT2D eigenvalue weighted by Crippen LogP contribution is -1.94. The second-order valence-electron chi connectivity index (χ2n) is 4.10. The van der Waals surface area contributed by atoms with Crippen molar-refractivity contribution in [2.24, 2.45) is 5.10 Å². The highest BCUT2D eigenvalue weighted by atomic mass is 79.9. The van der Waals surface area contributed by atoms with Crippen molar-refractivity contribution in [3.8, 4) is 17.3 Å². The first kappa shape index (κ1) is 13.8. The minimum Gasteiger partial charge on any atom is -0.507 e. The molecule has 0 saturated carbocycles. The molecule has 2 aromatic heterocycles. The van der Waals surface area contributed by atoms with E-state index in [9.17, 15) is 5.11 Å². The number of phenolic OH excluding ortho intramolecular Hbond substituents is 1. The van der Waals surface area contributed by atoms with Crippen molar-refractivity contribution in [3.63, 3.8) is 0 Å². The van der Waals surface area contributed by atoms with Gasteiger partial charge < -0.3 is 9.52 Å². The van der Waals surface area contributed by atoms with Crippen LogP contribution in [-0.4, -0.2) is 26.2 Å². The van der Waals surface area contributed by atoms with Gasteiger partial charge in [-0.25, -0.2) is 5.10 Å². The van der Waals surface area contributed by atoms with Crippen molar-refractivity contribution < 1.29 is 9.52 Å². The lowest BCUT2D eigenvalue weighted by Gasteiger charge is -1.99. The maximum Gasteiger partial charge on any atom is 0.219 e. The second-order valence-corrected chi connectivity index (χ2v) is 5.34. The molecule has 0 spiro atoms. The molecular weight excluding hydrogens is 356 g/mol. The summed E-state index contributed by atoms with van der Waals surface area (Å²) in [6.45, 7) is 0. The van der Waals surface area contributed by atoms with E-state index in [1.54, 1.807) is 42.8 Å². The maximum atomic E-state index is 9.47. The average Bonchev–Trinajstić information content (AvgIpc) is 3.10. The van der Waals surface area contributed by atoms with Gasteiger partial charge in [0.1, 0.15) is 5.75 Å². The number of aromatic nitrogens is 3. The molecule has 2 heterocycles. The van der Waals surface area contributed by atoms with Crippen LogP contribution in [-0.2, 0) is 0 Å². The van der Waals surface area contributed by atoms with Crippen LogP contribution in [0, 0.1) is 4.77 Å². The summed E-state index contributed by atoms with van der Waals surface area (Å²) in [5.41, 5.74) is 0.799. The third-order valence-electron chi connectivity index (χ3n) is 2.69. The first-order valence-corrected chi connectivity index (χ1v) is 7.09. The zero-order chi connectivity index (χ0) is 14.8. The normalized spacial score (nSPS) is 11.3. The van der Waals surface area contributed by atoms with E-state index in [2.05, 4.69) is 31.2 Å². The molecule has 0 aliphatic rings. The van der Waals surface area contributed by atoms with E-state index in [0.717, 1.165) is 5.56 Å². The van der Waals surface area contributed by atoms with E-state index in [4.69, 9.17) is 16.6 Å². The molecule has 0 radical (unpaired) electrons. The number of aromatic amines is 1. The fourth-order valence-corrected chi connectivity index (χ4v) is 2.27. The maximum absolute atomic E-state index is 9.47. The molecule has 0 bridgehead atoms. The van der Waals surface area contributed by atoms with Crippen LogP contribution in [0.25, 0.3) is 11.6 Å². The van der Waals surface area contributed by atoms with E-state index < -0.39 is 0 Å². The molecule has 0 atom stereocenters. The molecule has 6 nitrogen and oxygen atoms in total. The van der Waals surface area contributed by atoms with Crippen molar-refractivity contribution in [2.75, 3.05) is 0 Å². The van der Waals surface area contributed by atoms with Gasteiger partial charge in [-0.05, 0) is 64.0 Å². The summed E-state index contributed by atoms with van der Waals surface area (Å²) in [5, 5.41) is 20.5. The van der Waals surface area contributed by atoms with Crippen LogP contribution in [0.5, 0.6) is 5.75 Å². The Morgan fingerprint density at radius 3 is 3.00 bits per heavy atom. The number of phenols is 1. The van der Waals surface area contributed by atoms with Gasteiger partial charge in [0, 0.05) is 0 Å². The van der Waals surface area contributed by atoms with E-state index in [-0.39, 0.29) is 5.75 Å². The van der Waals surface area contributed by atoms with Gasteiger partial charge >= 0.3 is 0 Å². The Bertz CT molecular complexity index is 851. The number of hydrogen-bond donors (Lipinski definition) is 2. The highest BCUT2D eigenvalue weighted by Gasteiger charge is 2.10. The molecule has 0 aliphatic heterocycles. The first-order valence-electron chi connectivity index (χ1n) is 5.89. The summed E-state index contributed by atoms with van der Waals surface area (Å²) in [6.07, 6.45) is 3.17. The van der Waals surface area contributed by atoms with Gasteiger partial charge in [0.15, 0.2) is 5.76 Å². The van der Waals surface area contributed by atoms with Crippen molar-refractivity contribution >= 4 is 34.4 Å². The van der Waals surface area contributed by atoms with Crippen molar-refractivity contribution in [1.82, 2.24) is 14.9 Å². The quantitative estimate of drug-likeness (QED) is 0.550. The third kappa shape index (κ3) is 2.81. The molecule has 21 heavy (non-hydrogen) atoms. The van der Waals surface area contributed by atoms with Gasteiger partial charge in [-0.3, -0.25) is 0 Å². The fourth-order valence-electron chi connectivity index (χ4n) is 1.69. The predicted octanol–water partition coefficient (Wildman–Crippen LogP) is 3.55. The smallest absolute Gasteiger partial charge is 0.219 e. The van der Waals surface area contributed by atoms with Crippen LogP contribution in [0.2, 0.25) is 0 Å². The van der Waals surface area contributed by atoms with Crippen LogP contribution in [0.15, 0.2) is 50.6 Å². The molecular formula is C13H9BrN4O2S. The Hall–Kier alpha value is -2.19. The topological polar surface area (TPSA) is 79.3 Å². The van der Waals surface area contributed by atoms with Crippen LogP contribution < -0.4 is 0 Å². The number of hydrogen-bond acceptors (Lipinski definition) is 5. The number of aromatic hydroxyl groups is 1. The molecule has 3 rings (SSSR count). The molecule has 0 unspecified atom stereocenters. The van der Waals surface area contributed by atoms with E-state index in [0.29, 0.717) is 20.8 Å². The summed E-state index contributed by atoms with van der Waals surface area (Å²) in [7, 11) is 0. The molecule has 0 saturated heterocycles. The largest absolute Gasteiger partial charge is 0.507 e. The number of benzene rings is 1. The summed E-state index contributed by atoms with van der Waals surface area (Å²) in [4.78, 5) is 0. The zero-order valence-corrected chi connectivity index (χ0v) is 12.9. The monoisotopic (exact) mass is 364 g/mol. The van der Waals surface area contributed by atoms with Crippen molar-refractivity contribution in [3.05, 3.63) is 51.4 Å². The molecule has 2 N–H and O–H groups in total. The van der Waals surface area contributed by atoms with Gasteiger partial charge in [-0.1, -0.05) is 0 Å². The Kier molecular flexibility index (Phi) is 3.72. The highest BCUT2D eigenvalue weighted by molar-refractivity contribution is 9.10. The van der Waals surface area contributed by atoms with Gasteiger partial charge in [0.2, 0.25) is 10.6 Å². The molecule has 3 aromatic rings. The lowest BCUT2D eigenvalue weighted by atomic mass is 10.2. The summed E-state index contributed by atoms with van der Waals surface area (Å²) in [6, 6.07) is 8.59. The Morgan fingerprint density at radius 2 is 2.29 bits per heavy atom. The first-order chi connectivity index (χ1) is 10.1. The predicted molar refractivity (Wildman–Crippen MR) is 83.9 cm³/mol. The van der Waals surface area contributed by atoms with Gasteiger partial charge in [0.05, 0.1) is 17.0 Å². The Balaban J connectivity index is 1.98. The fraction of sp³-hybridized carbons (Fsp3) is 0. The van der Waals surface area contributed by atoms with Gasteiger partial charge in [0.25, 0.3) is 0 Å². The third-order valence-corrected chi connectivity index (χ3v) is 3.59. The van der Waals surface area contributed by atoms with Crippen LogP contribution >= 0.6 is 28.1 Å². The van der Waals surface area contributed by atoms with Crippen molar-refractivity contribution in [2.45, 2.75) is 0 Å². The molecule has 0 aliphatic carbocycles. The number of rotatable bonds is 3. The summed E-state index contributed by atoms with van der Waals surface area (Å²) >= 11 is 8.40. The van der Waals surface area contributed by atoms with E-state index >= 15 is 0 Å². The number of H-pyrrole nitrogens is 1. The minimum atomic E-state index is 0.170. The lowest BCUT2D eigenvalue weighted by molar-refractivity contribution is 0.472. The van der Waals surface area contributed by atoms with Gasteiger partial charge in [-0.15, -0.1) is 5.10 Å². The molecule has 1 aromatic carbocycles. The molecule has 0 fully saturated rings. The minimum absolute atomic E-state index is 0.170. The summed E-state index contributed by atoms with van der Waals surface area (Å²) < 4.78 is 7.71. The number of furan rings is 1. The molecule has 0 amide bonds. The zero-order valence-electron chi connectivity index (χ0n) is 10.5. The number of nitrogens with one attached hydrogen (secondary N) is 1. The average molecular weight is 365 g/mol. The standard InChI is InChI=1S/C13H9BrN4O2S/c14-9-6-8(3-4-10(9)19)7-15-18-12(16-17-13(18)21)11-2-1-5-20-11/h1-7,19H,(H,17,21)/b15-7-. The SMILES string of the molecule is Oc1ccc(/C=N\n2c(-c3ccco3)n[nH]c2=S)cc1Br. The number of nitrogens with zero attached hydrogens (tertiary/aromatic N) is 3. The summed E-state index contributed by atoms with van der Waals surface area (Å²) in [5.74, 6) is 1.22. The molecule has 8 heteroatoms. The number of halogens is 1. The van der Waals surface area contributed by atoms with E-state index in [1.807, 2.05) is 0 Å². The highest BCUT2D eigenvalue weighted by Crippen LogP contribution is 2.23.